The summed E-state index contributed by atoms with van der Waals surface area (Å²) in [5.41, 5.74) is 1.39. The Bertz CT molecular complexity index is 197. The second-order valence-electron chi connectivity index (χ2n) is 2.09. The number of aldehydes is 1. The maximum absolute atomic E-state index is 10.2. The van der Waals surface area contributed by atoms with Crippen LogP contribution in [0.1, 0.15) is 19.3 Å². The van der Waals surface area contributed by atoms with Crippen LogP contribution in [0.4, 0.5) is 0 Å². The molecule has 9 heavy (non-hydrogen) atoms. The molecule has 0 bridgehead atoms. The van der Waals surface area contributed by atoms with E-state index in [4.69, 9.17) is 5.26 Å². The minimum atomic E-state index is 0.685. The zero-order valence-electron chi connectivity index (χ0n) is 5.05. The molecule has 0 aromatic carbocycles. The summed E-state index contributed by atoms with van der Waals surface area (Å²) in [5.74, 6) is 0. The molecule has 0 N–H and O–H groups in total. The van der Waals surface area contributed by atoms with Crippen LogP contribution in [-0.4, -0.2) is 6.29 Å². The van der Waals surface area contributed by atoms with Gasteiger partial charge in [0.1, 0.15) is 6.29 Å². The van der Waals surface area contributed by atoms with Crippen LogP contribution in [0.5, 0.6) is 0 Å². The fourth-order valence-electron chi connectivity index (χ4n) is 1.02. The van der Waals surface area contributed by atoms with Crippen LogP contribution in [0.3, 0.4) is 0 Å². The predicted octanol–water partition coefficient (Wildman–Crippen LogP) is 1.19. The molecule has 0 radical (unpaired) electrons. The van der Waals surface area contributed by atoms with Crippen LogP contribution >= 0.6 is 0 Å². The average Bonchev–Trinajstić information content (AvgIpc) is 2.33. The van der Waals surface area contributed by atoms with Gasteiger partial charge in [-0.15, -0.1) is 0 Å². The monoisotopic (exact) mass is 121 g/mol. The van der Waals surface area contributed by atoms with Gasteiger partial charge in [0.15, 0.2) is 0 Å². The van der Waals surface area contributed by atoms with E-state index in [1.165, 1.54) is 0 Å². The molecule has 0 aromatic rings. The number of nitriles is 1. The maximum atomic E-state index is 10.2. The van der Waals surface area contributed by atoms with Gasteiger partial charge in [-0.2, -0.15) is 5.26 Å². The highest BCUT2D eigenvalue weighted by molar-refractivity contribution is 5.76. The van der Waals surface area contributed by atoms with Crippen molar-refractivity contribution >= 4 is 6.29 Å². The summed E-state index contributed by atoms with van der Waals surface area (Å²) in [5, 5.41) is 8.40. The molecule has 0 aromatic heterocycles. The number of hydrogen-bond donors (Lipinski definition) is 0. The second kappa shape index (κ2) is 2.45. The summed E-state index contributed by atoms with van der Waals surface area (Å²) in [6, 6.07) is 2.01. The third-order valence-corrected chi connectivity index (χ3v) is 1.54. The molecule has 2 nitrogen and oxygen atoms in total. The molecule has 0 heterocycles. The van der Waals surface area contributed by atoms with Gasteiger partial charge in [0, 0.05) is 11.1 Å². The largest absolute Gasteiger partial charge is 0.298 e. The highest BCUT2D eigenvalue weighted by atomic mass is 16.1. The fourth-order valence-corrected chi connectivity index (χ4v) is 1.02. The first-order valence-electron chi connectivity index (χ1n) is 2.96. The number of nitrogens with zero attached hydrogens (tertiary/aromatic N) is 1. The Hall–Kier alpha value is -1.10. The molecular weight excluding hydrogens is 114 g/mol. The molecular formula is C7H7NO. The smallest absolute Gasteiger partial charge is 0.147 e. The van der Waals surface area contributed by atoms with Crippen molar-refractivity contribution in [1.29, 1.82) is 5.26 Å². The normalized spacial score (nSPS) is 17.7. The standard InChI is InChI=1S/C7H7NO/c8-4-6-2-1-3-7(6)5-9/h5H,1-3H2. The third-order valence-electron chi connectivity index (χ3n) is 1.54. The average molecular weight is 121 g/mol. The van der Waals surface area contributed by atoms with Crippen molar-refractivity contribution in [2.75, 3.05) is 0 Å². The van der Waals surface area contributed by atoms with Crippen molar-refractivity contribution < 1.29 is 4.79 Å². The van der Waals surface area contributed by atoms with Crippen LogP contribution in [0.2, 0.25) is 0 Å². The highest BCUT2D eigenvalue weighted by Crippen LogP contribution is 2.22. The molecule has 0 aliphatic heterocycles. The molecule has 0 saturated heterocycles. The Kier molecular flexibility index (Phi) is 1.64. The van der Waals surface area contributed by atoms with E-state index in [1.54, 1.807) is 0 Å². The molecule has 0 fully saturated rings. The highest BCUT2D eigenvalue weighted by Gasteiger charge is 2.11. The van der Waals surface area contributed by atoms with Crippen molar-refractivity contribution in [1.82, 2.24) is 0 Å². The lowest BCUT2D eigenvalue weighted by molar-refractivity contribution is -0.105. The summed E-state index contributed by atoms with van der Waals surface area (Å²) in [6.45, 7) is 0. The van der Waals surface area contributed by atoms with Gasteiger partial charge in [0.2, 0.25) is 0 Å². The van der Waals surface area contributed by atoms with Gasteiger partial charge in [-0.1, -0.05) is 0 Å². The zero-order chi connectivity index (χ0) is 6.69. The molecule has 0 amide bonds. The second-order valence-corrected chi connectivity index (χ2v) is 2.09. The van der Waals surface area contributed by atoms with E-state index in [1.807, 2.05) is 6.07 Å². The SMILES string of the molecule is N#CC1=C(C=O)CCC1. The van der Waals surface area contributed by atoms with Crippen LogP contribution in [0.25, 0.3) is 0 Å². The van der Waals surface area contributed by atoms with Gasteiger partial charge in [-0.3, -0.25) is 4.79 Å². The molecule has 0 unspecified atom stereocenters. The first-order valence-corrected chi connectivity index (χ1v) is 2.96. The number of carbonyl (C=O) groups excluding carboxylic acids is 1. The van der Waals surface area contributed by atoms with Gasteiger partial charge >= 0.3 is 0 Å². The van der Waals surface area contributed by atoms with Crippen LogP contribution < -0.4 is 0 Å². The molecule has 2 heteroatoms. The van der Waals surface area contributed by atoms with E-state index >= 15 is 0 Å². The van der Waals surface area contributed by atoms with E-state index in [9.17, 15) is 4.79 Å². The van der Waals surface area contributed by atoms with E-state index in [2.05, 4.69) is 0 Å². The van der Waals surface area contributed by atoms with Gasteiger partial charge in [-0.25, -0.2) is 0 Å². The van der Waals surface area contributed by atoms with Crippen molar-refractivity contribution in [3.8, 4) is 6.07 Å². The Morgan fingerprint density at radius 2 is 2.33 bits per heavy atom. The summed E-state index contributed by atoms with van der Waals surface area (Å²) in [7, 11) is 0. The van der Waals surface area contributed by atoms with E-state index in [-0.39, 0.29) is 0 Å². The van der Waals surface area contributed by atoms with Crippen molar-refractivity contribution in [2.45, 2.75) is 19.3 Å². The van der Waals surface area contributed by atoms with Gasteiger partial charge in [0.05, 0.1) is 6.07 Å². The number of carbonyl (C=O) groups is 1. The summed E-state index contributed by atoms with van der Waals surface area (Å²) in [4.78, 5) is 10.2. The molecule has 0 spiro atoms. The number of allylic oxidation sites excluding steroid dienone is 2. The van der Waals surface area contributed by atoms with Crippen LogP contribution in [0.15, 0.2) is 11.1 Å². The number of rotatable bonds is 1. The van der Waals surface area contributed by atoms with Crippen molar-refractivity contribution in [2.24, 2.45) is 0 Å². The first kappa shape index (κ1) is 6.03. The van der Waals surface area contributed by atoms with E-state index in [0.717, 1.165) is 25.5 Å². The van der Waals surface area contributed by atoms with Crippen molar-refractivity contribution in [3.63, 3.8) is 0 Å². The lowest BCUT2D eigenvalue weighted by atomic mass is 10.2. The Morgan fingerprint density at radius 3 is 2.78 bits per heavy atom. The first-order chi connectivity index (χ1) is 4.38. The Morgan fingerprint density at radius 1 is 1.56 bits per heavy atom. The molecule has 0 saturated carbocycles. The molecule has 0 atom stereocenters. The van der Waals surface area contributed by atoms with E-state index in [0.29, 0.717) is 11.1 Å². The lowest BCUT2D eigenvalue weighted by Crippen LogP contribution is -1.80. The topological polar surface area (TPSA) is 40.9 Å². The molecule has 1 rings (SSSR count). The van der Waals surface area contributed by atoms with Crippen LogP contribution in [0, 0.1) is 11.3 Å². The quantitative estimate of drug-likeness (QED) is 0.489. The minimum absolute atomic E-state index is 0.685. The molecule has 1 aliphatic carbocycles. The van der Waals surface area contributed by atoms with Gasteiger partial charge in [0.25, 0.3) is 0 Å². The lowest BCUT2D eigenvalue weighted by Gasteiger charge is -1.83. The summed E-state index contributed by atoms with van der Waals surface area (Å²) < 4.78 is 0. The van der Waals surface area contributed by atoms with E-state index < -0.39 is 0 Å². The fraction of sp³-hybridized carbons (Fsp3) is 0.429. The van der Waals surface area contributed by atoms with Crippen molar-refractivity contribution in [3.05, 3.63) is 11.1 Å². The summed E-state index contributed by atoms with van der Waals surface area (Å²) >= 11 is 0. The third kappa shape index (κ3) is 0.996. The van der Waals surface area contributed by atoms with Gasteiger partial charge < -0.3 is 0 Å². The Balaban J connectivity index is 2.85. The number of hydrogen-bond acceptors (Lipinski definition) is 2. The molecule has 46 valence electrons. The zero-order valence-corrected chi connectivity index (χ0v) is 5.05. The minimum Gasteiger partial charge on any atom is -0.298 e. The van der Waals surface area contributed by atoms with Crippen LogP contribution in [-0.2, 0) is 4.79 Å². The van der Waals surface area contributed by atoms with Gasteiger partial charge in [-0.05, 0) is 19.3 Å². The Labute approximate surface area is 53.8 Å². The maximum Gasteiger partial charge on any atom is 0.147 e. The predicted molar refractivity (Wildman–Crippen MR) is 32.6 cm³/mol. The molecule has 1 aliphatic rings. The summed E-state index contributed by atoms with van der Waals surface area (Å²) in [6.07, 6.45) is 3.36.